The molecule has 0 amide bonds. The third-order valence-corrected chi connectivity index (χ3v) is 12.0. The van der Waals surface area contributed by atoms with Crippen LogP contribution in [-0.4, -0.2) is 96.5 Å². The maximum absolute atomic E-state index is 12.0. The Bertz CT molecular complexity index is 2380. The number of nitrogens with zero attached hydrogens (tertiary/aromatic N) is 3. The smallest absolute Gasteiger partial charge is 0.303 e. The van der Waals surface area contributed by atoms with Crippen LogP contribution < -0.4 is 0 Å². The van der Waals surface area contributed by atoms with Gasteiger partial charge in [-0.3, -0.25) is 9.59 Å². The van der Waals surface area contributed by atoms with Crippen LogP contribution >= 0.6 is 0 Å². The molecule has 2 fully saturated rings. The van der Waals surface area contributed by atoms with Crippen molar-refractivity contribution in [1.82, 2.24) is 0 Å². The SMILES string of the molecule is CC(=O)OC[C@H]1O[C@H](c2ccc(C3([C@H]4O[C@H](COCc5ccccc5)[C@@H](OCc5ccccc5)[C@H](OCc5ccccc5)[C@@H]4OCc4ccccc4)C=NN=N3)cc2)[C@@H](O)[C@@H](O)[C@H]1OC(C)=O. The molecule has 0 saturated carbocycles. The first-order valence-electron chi connectivity index (χ1n) is 22.3. The molecule has 3 aliphatic rings. The molecule has 350 valence electrons. The van der Waals surface area contributed by atoms with Gasteiger partial charge >= 0.3 is 11.9 Å². The lowest BCUT2D eigenvalue weighted by molar-refractivity contribution is -0.280. The molecule has 0 aromatic heterocycles. The largest absolute Gasteiger partial charge is 0.463 e. The van der Waals surface area contributed by atoms with E-state index in [9.17, 15) is 19.8 Å². The second-order valence-electron chi connectivity index (χ2n) is 16.7. The average molecular weight is 914 g/mol. The maximum atomic E-state index is 12.0. The van der Waals surface area contributed by atoms with Crippen molar-refractivity contribution < 1.29 is 57.7 Å². The van der Waals surface area contributed by atoms with Crippen LogP contribution in [0.3, 0.4) is 0 Å². The molecule has 5 aromatic carbocycles. The molecule has 2 N–H and O–H groups in total. The van der Waals surface area contributed by atoms with Gasteiger partial charge in [-0.25, -0.2) is 0 Å². The highest BCUT2D eigenvalue weighted by Crippen LogP contribution is 2.44. The van der Waals surface area contributed by atoms with Crippen LogP contribution in [0, 0.1) is 0 Å². The van der Waals surface area contributed by atoms with Gasteiger partial charge in [0.2, 0.25) is 0 Å². The Morgan fingerprint density at radius 1 is 0.567 bits per heavy atom. The van der Waals surface area contributed by atoms with E-state index in [1.165, 1.54) is 13.8 Å². The molecule has 0 bridgehead atoms. The summed E-state index contributed by atoms with van der Waals surface area (Å²) in [5, 5.41) is 35.9. The van der Waals surface area contributed by atoms with Gasteiger partial charge in [-0.15, -0.1) is 10.2 Å². The zero-order valence-electron chi connectivity index (χ0n) is 37.3. The molecule has 15 nitrogen and oxygen atoms in total. The molecule has 1 unspecified atom stereocenters. The fourth-order valence-corrected chi connectivity index (χ4v) is 8.64. The standard InChI is InChI=1S/C52H55N3O12/c1-34(56)61-32-43-47(65-35(2)57)45(59)44(58)46(66-43)40-23-25-41(26-24-40)52(33-53-55-54-52)51-50(64-30-39-21-13-6-14-22-39)49(63-29-38-19-11-5-12-20-38)48(62-28-37-17-9-4-10-18-37)42(67-51)31-60-27-36-15-7-3-8-16-36/h3-26,33,42-51,58-59H,27-32H2,1-2H3/t42-,43-,44+,45-,46-,47+,48-,49+,50+,51+,52?/m1/s1. The molecular formula is C52H55N3O12. The van der Waals surface area contributed by atoms with E-state index in [0.717, 1.165) is 22.3 Å². The fraction of sp³-hybridized carbons (Fsp3) is 0.365. The van der Waals surface area contributed by atoms with Crippen molar-refractivity contribution in [3.63, 3.8) is 0 Å². The minimum atomic E-state index is -1.56. The zero-order chi connectivity index (χ0) is 46.6. The van der Waals surface area contributed by atoms with E-state index in [-0.39, 0.29) is 33.0 Å². The summed E-state index contributed by atoms with van der Waals surface area (Å²) >= 11 is 0. The number of benzene rings is 5. The van der Waals surface area contributed by atoms with Crippen molar-refractivity contribution in [3.8, 4) is 0 Å². The van der Waals surface area contributed by atoms with Crippen LogP contribution in [0.5, 0.6) is 0 Å². The average Bonchev–Trinajstić information content (AvgIpc) is 3.86. The number of aliphatic hydroxyl groups is 2. The van der Waals surface area contributed by atoms with E-state index in [1.54, 1.807) is 30.5 Å². The Morgan fingerprint density at radius 2 is 1.07 bits per heavy atom. The first-order valence-corrected chi connectivity index (χ1v) is 22.3. The minimum absolute atomic E-state index is 0.118. The third-order valence-electron chi connectivity index (χ3n) is 12.0. The summed E-state index contributed by atoms with van der Waals surface area (Å²) in [6.45, 7) is 3.20. The van der Waals surface area contributed by atoms with Gasteiger partial charge in [-0.2, -0.15) is 0 Å². The van der Waals surface area contributed by atoms with Crippen molar-refractivity contribution in [2.45, 2.75) is 107 Å². The molecule has 67 heavy (non-hydrogen) atoms. The summed E-state index contributed by atoms with van der Waals surface area (Å²) in [4.78, 5) is 23.7. The molecule has 15 heteroatoms. The number of carbonyl (C=O) groups is 2. The highest BCUT2D eigenvalue weighted by atomic mass is 16.6. The van der Waals surface area contributed by atoms with Gasteiger partial charge in [-0.1, -0.05) is 146 Å². The number of rotatable bonds is 19. The van der Waals surface area contributed by atoms with Crippen molar-refractivity contribution in [3.05, 3.63) is 179 Å². The van der Waals surface area contributed by atoms with Crippen LogP contribution in [0.4, 0.5) is 0 Å². The minimum Gasteiger partial charge on any atom is -0.463 e. The Balaban J connectivity index is 1.17. The Labute approximate surface area is 389 Å². The van der Waals surface area contributed by atoms with E-state index in [2.05, 4.69) is 10.3 Å². The second kappa shape index (κ2) is 22.7. The number of hydrogen-bond acceptors (Lipinski definition) is 15. The molecule has 11 atom stereocenters. The van der Waals surface area contributed by atoms with E-state index in [1.807, 2.05) is 121 Å². The quantitative estimate of drug-likeness (QED) is 0.0834. The summed E-state index contributed by atoms with van der Waals surface area (Å²) in [6, 6.07) is 46.5. The van der Waals surface area contributed by atoms with Gasteiger partial charge in [0.1, 0.15) is 61.5 Å². The van der Waals surface area contributed by atoms with Crippen LogP contribution in [0.2, 0.25) is 0 Å². The lowest BCUT2D eigenvalue weighted by atomic mass is 9.78. The van der Waals surface area contributed by atoms with Gasteiger partial charge < -0.3 is 48.1 Å². The van der Waals surface area contributed by atoms with Crippen molar-refractivity contribution in [2.75, 3.05) is 13.2 Å². The summed E-state index contributed by atoms with van der Waals surface area (Å²) < 4.78 is 51.3. The molecule has 3 aliphatic heterocycles. The first-order chi connectivity index (χ1) is 32.7. The van der Waals surface area contributed by atoms with Crippen molar-refractivity contribution in [1.29, 1.82) is 0 Å². The number of ether oxygens (including phenoxy) is 8. The van der Waals surface area contributed by atoms with Crippen molar-refractivity contribution >= 4 is 18.2 Å². The lowest BCUT2D eigenvalue weighted by Crippen LogP contribution is -2.65. The molecule has 0 spiro atoms. The maximum Gasteiger partial charge on any atom is 0.303 e. The van der Waals surface area contributed by atoms with Gasteiger partial charge in [0.25, 0.3) is 0 Å². The lowest BCUT2D eigenvalue weighted by Gasteiger charge is -2.49. The molecule has 2 saturated heterocycles. The molecule has 5 aromatic rings. The Morgan fingerprint density at radius 3 is 1.58 bits per heavy atom. The highest BCUT2D eigenvalue weighted by molar-refractivity contribution is 5.76. The summed E-state index contributed by atoms with van der Waals surface area (Å²) in [5.41, 5.74) is 3.52. The Kier molecular flexibility index (Phi) is 16.1. The van der Waals surface area contributed by atoms with Crippen LogP contribution in [0.1, 0.15) is 53.3 Å². The third kappa shape index (κ3) is 11.8. The van der Waals surface area contributed by atoms with E-state index in [4.69, 9.17) is 43.0 Å². The van der Waals surface area contributed by atoms with Crippen LogP contribution in [-0.2, 0) is 79.5 Å². The van der Waals surface area contributed by atoms with Gasteiger partial charge in [-0.05, 0) is 38.6 Å². The predicted octanol–water partition coefficient (Wildman–Crippen LogP) is 6.73. The summed E-state index contributed by atoms with van der Waals surface area (Å²) in [7, 11) is 0. The van der Waals surface area contributed by atoms with Gasteiger partial charge in [0.05, 0.1) is 39.2 Å². The molecule has 0 radical (unpaired) electrons. The predicted molar refractivity (Wildman–Crippen MR) is 243 cm³/mol. The molecule has 0 aliphatic carbocycles. The Hall–Kier alpha value is -6.01. The summed E-state index contributed by atoms with van der Waals surface area (Å²) in [5.74, 6) is -1.29. The summed E-state index contributed by atoms with van der Waals surface area (Å²) in [6.07, 6.45) is -8.91. The molecular weight excluding hydrogens is 859 g/mol. The highest BCUT2D eigenvalue weighted by Gasteiger charge is 2.58. The monoisotopic (exact) mass is 913 g/mol. The number of esters is 2. The normalized spacial score (nSPS) is 27.9. The zero-order valence-corrected chi connectivity index (χ0v) is 37.3. The first kappa shape index (κ1) is 47.5. The van der Waals surface area contributed by atoms with E-state index >= 15 is 0 Å². The van der Waals surface area contributed by atoms with E-state index < -0.39 is 78.5 Å². The fourth-order valence-electron chi connectivity index (χ4n) is 8.64. The molecule has 8 rings (SSSR count). The number of carbonyl (C=O) groups excluding carboxylic acids is 2. The molecule has 3 heterocycles. The van der Waals surface area contributed by atoms with Crippen molar-refractivity contribution in [2.24, 2.45) is 15.4 Å². The van der Waals surface area contributed by atoms with E-state index in [0.29, 0.717) is 17.7 Å². The van der Waals surface area contributed by atoms with Crippen LogP contribution in [0.15, 0.2) is 161 Å². The number of hydrogen-bond donors (Lipinski definition) is 2. The van der Waals surface area contributed by atoms with Gasteiger partial charge in [0.15, 0.2) is 11.6 Å². The topological polar surface area (TPSA) is 186 Å². The van der Waals surface area contributed by atoms with Crippen LogP contribution in [0.25, 0.3) is 0 Å². The number of aliphatic hydroxyl groups excluding tert-OH is 2. The van der Waals surface area contributed by atoms with Gasteiger partial charge in [0, 0.05) is 13.8 Å². The second-order valence-corrected chi connectivity index (χ2v) is 16.7.